The lowest BCUT2D eigenvalue weighted by atomic mass is 10.1. The highest BCUT2D eigenvalue weighted by Gasteiger charge is 2.18. The minimum Gasteiger partial charge on any atom is -0.493 e. The van der Waals surface area contributed by atoms with E-state index in [0.29, 0.717) is 46.8 Å². The number of methoxy groups -OCH3 is 2. The van der Waals surface area contributed by atoms with Crippen LogP contribution in [0.3, 0.4) is 0 Å². The Morgan fingerprint density at radius 3 is 2.54 bits per heavy atom. The van der Waals surface area contributed by atoms with Gasteiger partial charge in [-0.2, -0.15) is 10.2 Å². The van der Waals surface area contributed by atoms with Crippen molar-refractivity contribution in [3.63, 3.8) is 0 Å². The molecule has 0 aliphatic carbocycles. The fourth-order valence-electron chi connectivity index (χ4n) is 2.67. The van der Waals surface area contributed by atoms with E-state index in [9.17, 15) is 5.11 Å². The van der Waals surface area contributed by atoms with E-state index in [-0.39, 0.29) is 6.61 Å². The lowest BCUT2D eigenvalue weighted by Gasteiger charge is -2.08. The van der Waals surface area contributed by atoms with Gasteiger partial charge in [-0.3, -0.25) is 4.68 Å². The first-order valence-corrected chi connectivity index (χ1v) is 8.38. The number of aromatic nitrogens is 5. The standard InChI is InChI=1S/C17H20ClN5O3/c1-22-10-12(18)16(21-22)17-19-15(20-23(17)6-7-24)9-11-4-5-13(25-2)14(8-11)26-3/h4-5,8,10,24H,6-7,9H2,1-3H3. The lowest BCUT2D eigenvalue weighted by Crippen LogP contribution is -2.07. The quantitative estimate of drug-likeness (QED) is 0.677. The average molecular weight is 378 g/mol. The highest BCUT2D eigenvalue weighted by molar-refractivity contribution is 6.32. The number of nitrogens with zero attached hydrogens (tertiary/aromatic N) is 5. The molecule has 138 valence electrons. The normalized spacial score (nSPS) is 11.0. The molecule has 0 saturated carbocycles. The summed E-state index contributed by atoms with van der Waals surface area (Å²) in [6.07, 6.45) is 2.19. The number of aliphatic hydroxyl groups is 1. The number of rotatable bonds is 7. The van der Waals surface area contributed by atoms with Crippen LogP contribution in [0.5, 0.6) is 11.5 Å². The monoisotopic (exact) mass is 377 g/mol. The van der Waals surface area contributed by atoms with Crippen LogP contribution in [-0.4, -0.2) is 50.5 Å². The highest BCUT2D eigenvalue weighted by atomic mass is 35.5. The summed E-state index contributed by atoms with van der Waals surface area (Å²) in [5, 5.41) is 18.6. The zero-order valence-electron chi connectivity index (χ0n) is 14.8. The van der Waals surface area contributed by atoms with Crippen LogP contribution in [0.1, 0.15) is 11.4 Å². The Kier molecular flexibility index (Phi) is 5.43. The first kappa shape index (κ1) is 18.2. The average Bonchev–Trinajstić information content (AvgIpc) is 3.17. The zero-order valence-corrected chi connectivity index (χ0v) is 15.6. The van der Waals surface area contributed by atoms with E-state index in [4.69, 9.17) is 21.1 Å². The molecule has 0 saturated heterocycles. The van der Waals surface area contributed by atoms with Crippen molar-refractivity contribution in [1.82, 2.24) is 24.5 Å². The molecule has 0 aliphatic rings. The lowest BCUT2D eigenvalue weighted by molar-refractivity contribution is 0.270. The summed E-state index contributed by atoms with van der Waals surface area (Å²) in [5.74, 6) is 2.44. The first-order chi connectivity index (χ1) is 12.5. The summed E-state index contributed by atoms with van der Waals surface area (Å²) in [5.41, 5.74) is 1.51. The number of hydrogen-bond acceptors (Lipinski definition) is 6. The largest absolute Gasteiger partial charge is 0.493 e. The molecule has 2 heterocycles. The van der Waals surface area contributed by atoms with Crippen LogP contribution in [0.4, 0.5) is 0 Å². The van der Waals surface area contributed by atoms with Crippen molar-refractivity contribution in [3.05, 3.63) is 40.8 Å². The van der Waals surface area contributed by atoms with Crippen LogP contribution in [0.2, 0.25) is 5.02 Å². The van der Waals surface area contributed by atoms with Crippen molar-refractivity contribution in [2.75, 3.05) is 20.8 Å². The van der Waals surface area contributed by atoms with E-state index in [1.807, 2.05) is 18.2 Å². The van der Waals surface area contributed by atoms with Crippen LogP contribution in [0.15, 0.2) is 24.4 Å². The summed E-state index contributed by atoms with van der Waals surface area (Å²) < 4.78 is 13.8. The fraction of sp³-hybridized carbons (Fsp3) is 0.353. The van der Waals surface area contributed by atoms with Crippen LogP contribution in [0, 0.1) is 0 Å². The number of halogens is 1. The molecular weight excluding hydrogens is 358 g/mol. The molecule has 0 atom stereocenters. The molecule has 1 aromatic carbocycles. The Labute approximate surface area is 155 Å². The van der Waals surface area contributed by atoms with E-state index >= 15 is 0 Å². The zero-order chi connectivity index (χ0) is 18.7. The fourth-order valence-corrected chi connectivity index (χ4v) is 2.94. The van der Waals surface area contributed by atoms with Gasteiger partial charge >= 0.3 is 0 Å². The Bertz CT molecular complexity index is 906. The summed E-state index contributed by atoms with van der Waals surface area (Å²) in [4.78, 5) is 4.57. The van der Waals surface area contributed by atoms with Gasteiger partial charge in [-0.1, -0.05) is 17.7 Å². The summed E-state index contributed by atoms with van der Waals surface area (Å²) in [6.45, 7) is 0.248. The topological polar surface area (TPSA) is 87.2 Å². The van der Waals surface area contributed by atoms with Crippen LogP contribution >= 0.6 is 11.6 Å². The van der Waals surface area contributed by atoms with E-state index in [0.717, 1.165) is 5.56 Å². The maximum absolute atomic E-state index is 9.31. The molecule has 0 fully saturated rings. The maximum Gasteiger partial charge on any atom is 0.180 e. The van der Waals surface area contributed by atoms with Crippen LogP contribution < -0.4 is 9.47 Å². The third kappa shape index (κ3) is 3.66. The summed E-state index contributed by atoms with van der Waals surface area (Å²) >= 11 is 6.24. The molecule has 26 heavy (non-hydrogen) atoms. The highest BCUT2D eigenvalue weighted by Crippen LogP contribution is 2.29. The SMILES string of the molecule is COc1ccc(Cc2nc(-c3nn(C)cc3Cl)n(CCO)n2)cc1OC. The second kappa shape index (κ2) is 7.76. The van der Waals surface area contributed by atoms with Gasteiger partial charge in [-0.25, -0.2) is 9.67 Å². The maximum atomic E-state index is 9.31. The van der Waals surface area contributed by atoms with Gasteiger partial charge in [0.2, 0.25) is 0 Å². The van der Waals surface area contributed by atoms with Crippen molar-refractivity contribution >= 4 is 11.6 Å². The third-order valence-electron chi connectivity index (χ3n) is 3.83. The third-order valence-corrected chi connectivity index (χ3v) is 4.11. The molecule has 3 rings (SSSR count). The minimum absolute atomic E-state index is 0.0589. The molecule has 0 radical (unpaired) electrons. The molecule has 0 unspecified atom stereocenters. The van der Waals surface area contributed by atoms with Gasteiger partial charge in [0.25, 0.3) is 0 Å². The van der Waals surface area contributed by atoms with Gasteiger partial charge in [0.15, 0.2) is 23.1 Å². The van der Waals surface area contributed by atoms with Crippen molar-refractivity contribution in [2.24, 2.45) is 7.05 Å². The van der Waals surface area contributed by atoms with Gasteiger partial charge in [0.05, 0.1) is 32.4 Å². The number of benzene rings is 1. The molecule has 0 bridgehead atoms. The number of aliphatic hydroxyl groups excluding tert-OH is 1. The van der Waals surface area contributed by atoms with Gasteiger partial charge < -0.3 is 14.6 Å². The van der Waals surface area contributed by atoms with Crippen molar-refractivity contribution in [2.45, 2.75) is 13.0 Å². The predicted molar refractivity (Wildman–Crippen MR) is 96.7 cm³/mol. The molecule has 8 nitrogen and oxygen atoms in total. The summed E-state index contributed by atoms with van der Waals surface area (Å²) in [6, 6.07) is 5.66. The van der Waals surface area contributed by atoms with Gasteiger partial charge in [-0.05, 0) is 17.7 Å². The smallest absolute Gasteiger partial charge is 0.180 e. The Morgan fingerprint density at radius 2 is 1.92 bits per heavy atom. The first-order valence-electron chi connectivity index (χ1n) is 8.00. The summed E-state index contributed by atoms with van der Waals surface area (Å²) in [7, 11) is 4.97. The second-order valence-electron chi connectivity index (χ2n) is 5.66. The molecule has 0 spiro atoms. The molecular formula is C17H20ClN5O3. The molecule has 0 amide bonds. The van der Waals surface area contributed by atoms with E-state index in [1.165, 1.54) is 0 Å². The molecule has 9 heteroatoms. The Morgan fingerprint density at radius 1 is 1.15 bits per heavy atom. The minimum atomic E-state index is -0.0589. The molecule has 2 aromatic heterocycles. The van der Waals surface area contributed by atoms with Crippen LogP contribution in [0.25, 0.3) is 11.5 Å². The second-order valence-corrected chi connectivity index (χ2v) is 6.07. The van der Waals surface area contributed by atoms with Gasteiger partial charge in [0.1, 0.15) is 5.69 Å². The van der Waals surface area contributed by atoms with E-state index in [1.54, 1.807) is 36.8 Å². The Hall–Kier alpha value is -2.58. The predicted octanol–water partition coefficient (Wildman–Crippen LogP) is 1.93. The van der Waals surface area contributed by atoms with Crippen LogP contribution in [-0.2, 0) is 20.0 Å². The molecule has 3 aromatic rings. The van der Waals surface area contributed by atoms with Crippen molar-refractivity contribution < 1.29 is 14.6 Å². The van der Waals surface area contributed by atoms with Gasteiger partial charge in [0, 0.05) is 19.7 Å². The number of hydrogen-bond donors (Lipinski definition) is 1. The van der Waals surface area contributed by atoms with E-state index in [2.05, 4.69) is 15.2 Å². The number of ether oxygens (including phenoxy) is 2. The molecule has 1 N–H and O–H groups in total. The van der Waals surface area contributed by atoms with Crippen molar-refractivity contribution in [1.29, 1.82) is 0 Å². The van der Waals surface area contributed by atoms with Crippen molar-refractivity contribution in [3.8, 4) is 23.0 Å². The molecule has 0 aliphatic heterocycles. The van der Waals surface area contributed by atoms with E-state index < -0.39 is 0 Å². The Balaban J connectivity index is 1.94. The number of aryl methyl sites for hydroxylation is 1. The van der Waals surface area contributed by atoms with Gasteiger partial charge in [-0.15, -0.1) is 0 Å².